The molecule has 0 saturated carbocycles. The van der Waals surface area contributed by atoms with Crippen LogP contribution in [0.3, 0.4) is 0 Å². The highest BCUT2D eigenvalue weighted by Crippen LogP contribution is 2.57. The molecular formula is C108H89BN4. The van der Waals surface area contributed by atoms with Crippen LogP contribution in [0.2, 0.25) is 0 Å². The number of hydrogen-bond donors (Lipinski definition) is 0. The average molecular weight is 1450 g/mol. The minimum Gasteiger partial charge on any atom is -0.310 e. The van der Waals surface area contributed by atoms with E-state index in [-0.39, 0.29) is 28.4 Å². The number of hydrogen-bond acceptors (Lipinski definition) is 2. The highest BCUT2D eigenvalue weighted by Gasteiger charge is 2.47. The van der Waals surface area contributed by atoms with Crippen LogP contribution in [0.4, 0.5) is 34.1 Å². The van der Waals surface area contributed by atoms with Gasteiger partial charge in [0.25, 0.3) is 6.71 Å². The lowest BCUT2D eigenvalue weighted by Crippen LogP contribution is -2.61. The number of anilines is 6. The second-order valence-electron chi connectivity index (χ2n) is 36.0. The second kappa shape index (κ2) is 24.9. The molecule has 0 amide bonds. The third-order valence-corrected chi connectivity index (χ3v) is 25.0. The van der Waals surface area contributed by atoms with E-state index in [1.165, 1.54) is 126 Å². The Morgan fingerprint density at radius 1 is 0.230 bits per heavy atom. The van der Waals surface area contributed by atoms with Crippen molar-refractivity contribution in [1.29, 1.82) is 0 Å². The molecule has 4 heterocycles. The average Bonchev–Trinajstić information content (AvgIpc) is 1.65. The molecule has 0 unspecified atom stereocenters. The Morgan fingerprint density at radius 2 is 0.593 bits per heavy atom. The molecule has 0 radical (unpaired) electrons. The van der Waals surface area contributed by atoms with Crippen molar-refractivity contribution in [1.82, 2.24) is 9.13 Å². The van der Waals surface area contributed by atoms with E-state index < -0.39 is 0 Å². The summed E-state index contributed by atoms with van der Waals surface area (Å²) < 4.78 is 5.13. The molecule has 19 aromatic rings. The first-order chi connectivity index (χ1) is 54.6. The van der Waals surface area contributed by atoms with Crippen LogP contribution in [0.5, 0.6) is 0 Å². The Bertz CT molecular complexity index is 6790. The van der Waals surface area contributed by atoms with E-state index in [9.17, 15) is 0 Å². The molecule has 5 heteroatoms. The highest BCUT2D eigenvalue weighted by atomic mass is 15.2. The van der Waals surface area contributed by atoms with Gasteiger partial charge in [0.1, 0.15) is 0 Å². The predicted octanol–water partition coefficient (Wildman–Crippen LogP) is 27.8. The van der Waals surface area contributed by atoms with Crippen molar-refractivity contribution in [3.8, 4) is 67.0 Å². The molecule has 113 heavy (non-hydrogen) atoms. The molecule has 4 nitrogen and oxygen atoms in total. The molecule has 21 rings (SSSR count). The molecule has 2 aliphatic heterocycles. The van der Waals surface area contributed by atoms with E-state index in [0.717, 1.165) is 90.0 Å². The third-order valence-electron chi connectivity index (χ3n) is 25.0. The lowest BCUT2D eigenvalue weighted by atomic mass is 9.33. The first kappa shape index (κ1) is 68.3. The second-order valence-corrected chi connectivity index (χ2v) is 36.0. The molecule has 0 bridgehead atoms. The van der Waals surface area contributed by atoms with Crippen molar-refractivity contribution in [3.63, 3.8) is 0 Å². The van der Waals surface area contributed by atoms with Gasteiger partial charge in [0.05, 0.1) is 33.4 Å². The largest absolute Gasteiger partial charge is 0.310 e. The van der Waals surface area contributed by atoms with Crippen molar-refractivity contribution < 1.29 is 0 Å². The molecule has 2 aliphatic rings. The van der Waals surface area contributed by atoms with E-state index in [2.05, 4.69) is 424 Å². The van der Waals surface area contributed by atoms with E-state index in [0.29, 0.717) is 0 Å². The van der Waals surface area contributed by atoms with Gasteiger partial charge in [0, 0.05) is 77.9 Å². The van der Waals surface area contributed by atoms with Gasteiger partial charge in [-0.15, -0.1) is 0 Å². The number of rotatable bonds is 9. The fourth-order valence-corrected chi connectivity index (χ4v) is 19.2. The van der Waals surface area contributed by atoms with Crippen LogP contribution >= 0.6 is 0 Å². The maximum atomic E-state index is 2.78. The Kier molecular flexibility index (Phi) is 15.1. The van der Waals surface area contributed by atoms with E-state index in [4.69, 9.17) is 0 Å². The van der Waals surface area contributed by atoms with Gasteiger partial charge in [0.15, 0.2) is 0 Å². The van der Waals surface area contributed by atoms with Gasteiger partial charge >= 0.3 is 0 Å². The molecular weight excluding hydrogens is 1360 g/mol. The van der Waals surface area contributed by atoms with Gasteiger partial charge in [-0.1, -0.05) is 320 Å². The Balaban J connectivity index is 0.955. The molecule has 0 saturated heterocycles. The summed E-state index contributed by atoms with van der Waals surface area (Å²) in [5.41, 5.74) is 33.3. The van der Waals surface area contributed by atoms with Gasteiger partial charge in [-0.05, 0) is 211 Å². The van der Waals surface area contributed by atoms with Crippen LogP contribution in [0, 0.1) is 0 Å². The molecule has 0 spiro atoms. The Hall–Kier alpha value is -12.7. The summed E-state index contributed by atoms with van der Waals surface area (Å²) in [6.07, 6.45) is 0. The van der Waals surface area contributed by atoms with Gasteiger partial charge < -0.3 is 18.9 Å². The van der Waals surface area contributed by atoms with Gasteiger partial charge in [-0.2, -0.15) is 0 Å². The fraction of sp³-hybridized carbons (Fsp3) is 0.148. The first-order valence-corrected chi connectivity index (χ1v) is 40.3. The quantitative estimate of drug-likeness (QED) is 0.0813. The zero-order chi connectivity index (χ0) is 76.9. The molecule has 0 N–H and O–H groups in total. The first-order valence-electron chi connectivity index (χ1n) is 40.3. The van der Waals surface area contributed by atoms with E-state index in [1.54, 1.807) is 0 Å². The van der Waals surface area contributed by atoms with Crippen LogP contribution in [-0.4, -0.2) is 15.8 Å². The zero-order valence-corrected chi connectivity index (χ0v) is 66.5. The van der Waals surface area contributed by atoms with Crippen LogP contribution in [-0.2, 0) is 21.7 Å². The number of aromatic nitrogens is 2. The van der Waals surface area contributed by atoms with E-state index >= 15 is 0 Å². The molecule has 544 valence electrons. The van der Waals surface area contributed by atoms with Crippen molar-refractivity contribution in [2.45, 2.75) is 105 Å². The fourth-order valence-electron chi connectivity index (χ4n) is 19.2. The minimum atomic E-state index is -0.365. The van der Waals surface area contributed by atoms with Crippen molar-refractivity contribution in [2.24, 2.45) is 0 Å². The lowest BCUT2D eigenvalue weighted by molar-refractivity contribution is 0.590. The maximum absolute atomic E-state index is 2.78. The van der Waals surface area contributed by atoms with Gasteiger partial charge in [-0.25, -0.2) is 0 Å². The third kappa shape index (κ3) is 10.6. The lowest BCUT2D eigenvalue weighted by Gasteiger charge is -2.46. The predicted molar refractivity (Wildman–Crippen MR) is 486 cm³/mol. The summed E-state index contributed by atoms with van der Waals surface area (Å²) >= 11 is 0. The van der Waals surface area contributed by atoms with Crippen LogP contribution in [0.1, 0.15) is 105 Å². The van der Waals surface area contributed by atoms with Crippen molar-refractivity contribution in [3.05, 3.63) is 344 Å². The normalized spacial score (nSPS) is 13.3. The molecule has 0 fully saturated rings. The van der Waals surface area contributed by atoms with E-state index in [1.807, 2.05) is 0 Å². The number of nitrogens with zero attached hydrogens (tertiary/aromatic N) is 4. The maximum Gasteiger partial charge on any atom is 0.252 e. The molecule has 17 aromatic carbocycles. The summed E-state index contributed by atoms with van der Waals surface area (Å²) in [6.45, 7) is 28.2. The van der Waals surface area contributed by atoms with Gasteiger partial charge in [0.2, 0.25) is 0 Å². The Labute approximate surface area is 663 Å². The monoisotopic (exact) mass is 1450 g/mol. The summed E-state index contributed by atoms with van der Waals surface area (Å²) in [5.74, 6) is 0. The van der Waals surface area contributed by atoms with Crippen molar-refractivity contribution in [2.75, 3.05) is 9.80 Å². The number of para-hydroxylation sites is 2. The van der Waals surface area contributed by atoms with Crippen LogP contribution in [0.15, 0.2) is 322 Å². The van der Waals surface area contributed by atoms with Crippen LogP contribution < -0.4 is 26.2 Å². The molecule has 2 aromatic heterocycles. The number of fused-ring (bicyclic) bond motifs is 8. The summed E-state index contributed by atoms with van der Waals surface area (Å²) in [7, 11) is 0. The van der Waals surface area contributed by atoms with Crippen molar-refractivity contribution >= 4 is 133 Å². The topological polar surface area (TPSA) is 16.3 Å². The standard InChI is InChI=1S/C108H89BN4/c1-105(2,3)74-40-26-38-71(56-74)84-58-73(66-30-16-13-17-31-66)59-85(72-39-27-41-75(57-72)106(4,5)6)103(84)112-94-64-78(110-90-46-24-22-42-80(90)81-43-23-25-47-91(81)110)50-52-88(94)109-89-53-51-79(111-92-54-48-69-36-28-44-82-83-45-29-37-70-49-55-93(111)101(99(70)83)100(92)98(69)82)65-95(89)113(97-63-77(108(10,11)12)62-96(112)102(97)109)104-86(67-32-18-14-19-33-67)60-76(107(7,8)9)61-87(104)68-34-20-15-21-35-68/h13-65H,1-12H3. The minimum absolute atomic E-state index is 0.148. The SMILES string of the molecule is CC(C)(C)c1cccc(-c2cc(-c3ccccc3)cc(-c3cccc(C(C)(C)C)c3)c2N2c3cc(-n4c5ccccc5c5ccccc54)ccc3B3c4ccc(-n5c6ccc7cccc8c9cccc%10ccc5c(c%109)c6c78)cc4N(c4c(-c5ccccc5)cc(C(C)(C)C)cc4-c4ccccc4)c4cc(C(C)(C)C)cc2c43)c1. The zero-order valence-electron chi connectivity index (χ0n) is 66.5. The Morgan fingerprint density at radius 3 is 1.03 bits per heavy atom. The smallest absolute Gasteiger partial charge is 0.252 e. The number of benzene rings is 17. The molecule has 0 aliphatic carbocycles. The highest BCUT2D eigenvalue weighted by molar-refractivity contribution is 7.00. The van der Waals surface area contributed by atoms with Gasteiger partial charge in [-0.3, -0.25) is 0 Å². The summed E-state index contributed by atoms with van der Waals surface area (Å²) in [4.78, 5) is 5.54. The summed E-state index contributed by atoms with van der Waals surface area (Å²) in [6, 6.07) is 124. The van der Waals surface area contributed by atoms with Crippen LogP contribution in [0.25, 0.3) is 143 Å². The molecule has 0 atom stereocenters. The summed E-state index contributed by atoms with van der Waals surface area (Å²) in [5, 5.41) is 12.8.